The van der Waals surface area contributed by atoms with Crippen LogP contribution >= 0.6 is 0 Å². The molecular weight excluding hydrogens is 205 g/mol. The molecule has 1 fully saturated rings. The van der Waals surface area contributed by atoms with Crippen molar-refractivity contribution in [1.29, 1.82) is 0 Å². The van der Waals surface area contributed by atoms with E-state index in [1.165, 1.54) is 0 Å². The maximum absolute atomic E-state index is 13.9. The van der Waals surface area contributed by atoms with E-state index in [0.717, 1.165) is 11.3 Å². The molecule has 0 spiro atoms. The lowest BCUT2D eigenvalue weighted by molar-refractivity contribution is 0.186. The van der Waals surface area contributed by atoms with E-state index >= 15 is 0 Å². The average molecular weight is 223 g/mol. The molecule has 1 aromatic carbocycles. The van der Waals surface area contributed by atoms with Gasteiger partial charge >= 0.3 is 0 Å². The zero-order valence-electron chi connectivity index (χ0n) is 9.79. The first-order valence-corrected chi connectivity index (χ1v) is 5.58. The summed E-state index contributed by atoms with van der Waals surface area (Å²) >= 11 is 0. The number of alkyl halides is 1. The summed E-state index contributed by atoms with van der Waals surface area (Å²) < 4.78 is 19.2. The molecule has 0 heterocycles. The highest BCUT2D eigenvalue weighted by molar-refractivity contribution is 5.40. The van der Waals surface area contributed by atoms with Gasteiger partial charge in [-0.15, -0.1) is 0 Å². The van der Waals surface area contributed by atoms with Crippen molar-refractivity contribution in [2.75, 3.05) is 7.11 Å². The van der Waals surface area contributed by atoms with Crippen molar-refractivity contribution in [1.82, 2.24) is 0 Å². The Labute approximate surface area is 95.6 Å². The van der Waals surface area contributed by atoms with Crippen LogP contribution in [0.15, 0.2) is 24.3 Å². The number of benzene rings is 1. The SMILES string of the molecule is COc1ccccc1C1(N)CCC(C)(F)C1. The molecule has 1 aliphatic carbocycles. The predicted octanol–water partition coefficient (Wildman–Crippen LogP) is 2.76. The van der Waals surface area contributed by atoms with E-state index in [1.54, 1.807) is 14.0 Å². The minimum absolute atomic E-state index is 0.361. The Kier molecular flexibility index (Phi) is 2.66. The third-order valence-electron chi connectivity index (χ3n) is 3.42. The molecule has 2 N–H and O–H groups in total. The first-order chi connectivity index (χ1) is 7.47. The number of halogens is 1. The van der Waals surface area contributed by atoms with Gasteiger partial charge in [0, 0.05) is 17.5 Å². The van der Waals surface area contributed by atoms with E-state index in [2.05, 4.69) is 0 Å². The molecule has 1 aromatic rings. The summed E-state index contributed by atoms with van der Waals surface area (Å²) in [6, 6.07) is 7.62. The van der Waals surface area contributed by atoms with Gasteiger partial charge in [-0.25, -0.2) is 4.39 Å². The van der Waals surface area contributed by atoms with E-state index in [0.29, 0.717) is 19.3 Å². The van der Waals surface area contributed by atoms with Crippen molar-refractivity contribution in [2.45, 2.75) is 37.4 Å². The summed E-state index contributed by atoms with van der Waals surface area (Å²) in [5.74, 6) is 0.753. The summed E-state index contributed by atoms with van der Waals surface area (Å²) in [5, 5.41) is 0. The maximum Gasteiger partial charge on any atom is 0.123 e. The predicted molar refractivity (Wildman–Crippen MR) is 62.2 cm³/mol. The molecule has 0 radical (unpaired) electrons. The molecule has 16 heavy (non-hydrogen) atoms. The van der Waals surface area contributed by atoms with Crippen LogP contribution in [0.5, 0.6) is 5.75 Å². The van der Waals surface area contributed by atoms with Crippen LogP contribution in [0, 0.1) is 0 Å². The Morgan fingerprint density at radius 1 is 1.31 bits per heavy atom. The van der Waals surface area contributed by atoms with Crippen LogP contribution in [0.2, 0.25) is 0 Å². The second-order valence-corrected chi connectivity index (χ2v) is 4.95. The second kappa shape index (κ2) is 3.74. The Morgan fingerprint density at radius 3 is 2.56 bits per heavy atom. The molecule has 1 saturated carbocycles. The average Bonchev–Trinajstić information content (AvgIpc) is 2.54. The van der Waals surface area contributed by atoms with Gasteiger partial charge in [0.25, 0.3) is 0 Å². The summed E-state index contributed by atoms with van der Waals surface area (Å²) in [6.45, 7) is 1.62. The number of methoxy groups -OCH3 is 1. The van der Waals surface area contributed by atoms with Crippen molar-refractivity contribution < 1.29 is 9.13 Å². The van der Waals surface area contributed by atoms with E-state index in [1.807, 2.05) is 24.3 Å². The molecule has 0 saturated heterocycles. The smallest absolute Gasteiger partial charge is 0.123 e. The van der Waals surface area contributed by atoms with Gasteiger partial charge in [-0.3, -0.25) is 0 Å². The number of ether oxygens (including phenoxy) is 1. The molecular formula is C13H18FNO. The lowest BCUT2D eigenvalue weighted by Crippen LogP contribution is -2.35. The van der Waals surface area contributed by atoms with Crippen molar-refractivity contribution in [3.63, 3.8) is 0 Å². The second-order valence-electron chi connectivity index (χ2n) is 4.95. The van der Waals surface area contributed by atoms with E-state index < -0.39 is 11.2 Å². The van der Waals surface area contributed by atoms with Crippen molar-refractivity contribution in [3.8, 4) is 5.75 Å². The summed E-state index contributed by atoms with van der Waals surface area (Å²) in [4.78, 5) is 0. The third-order valence-corrected chi connectivity index (χ3v) is 3.42. The largest absolute Gasteiger partial charge is 0.496 e. The summed E-state index contributed by atoms with van der Waals surface area (Å²) in [5.41, 5.74) is 5.48. The van der Waals surface area contributed by atoms with Gasteiger partial charge in [-0.2, -0.15) is 0 Å². The van der Waals surface area contributed by atoms with Gasteiger partial charge in [-0.05, 0) is 25.8 Å². The van der Waals surface area contributed by atoms with Crippen LogP contribution in [-0.4, -0.2) is 12.8 Å². The van der Waals surface area contributed by atoms with Gasteiger partial charge in [0.2, 0.25) is 0 Å². The monoisotopic (exact) mass is 223 g/mol. The molecule has 88 valence electrons. The molecule has 2 nitrogen and oxygen atoms in total. The van der Waals surface area contributed by atoms with Crippen LogP contribution < -0.4 is 10.5 Å². The topological polar surface area (TPSA) is 35.2 Å². The molecule has 1 aliphatic rings. The molecule has 0 aromatic heterocycles. The highest BCUT2D eigenvalue weighted by Crippen LogP contribution is 2.46. The third kappa shape index (κ3) is 1.92. The van der Waals surface area contributed by atoms with E-state index in [-0.39, 0.29) is 0 Å². The van der Waals surface area contributed by atoms with Crippen molar-refractivity contribution in [2.24, 2.45) is 5.73 Å². The van der Waals surface area contributed by atoms with Crippen molar-refractivity contribution in [3.05, 3.63) is 29.8 Å². The summed E-state index contributed by atoms with van der Waals surface area (Å²) in [7, 11) is 1.62. The molecule has 0 amide bonds. The number of rotatable bonds is 2. The minimum atomic E-state index is -1.16. The van der Waals surface area contributed by atoms with Crippen LogP contribution in [0.4, 0.5) is 4.39 Å². The zero-order valence-corrected chi connectivity index (χ0v) is 9.79. The summed E-state index contributed by atoms with van der Waals surface area (Å²) in [6.07, 6.45) is 1.54. The number of hydrogen-bond acceptors (Lipinski definition) is 2. The van der Waals surface area contributed by atoms with Crippen LogP contribution in [0.3, 0.4) is 0 Å². The molecule has 2 rings (SSSR count). The number of nitrogens with two attached hydrogens (primary N) is 1. The first kappa shape index (κ1) is 11.4. The lowest BCUT2D eigenvalue weighted by Gasteiger charge is -2.27. The fourth-order valence-corrected chi connectivity index (χ4v) is 2.60. The highest BCUT2D eigenvalue weighted by atomic mass is 19.1. The van der Waals surface area contributed by atoms with Gasteiger partial charge in [0.1, 0.15) is 11.4 Å². The quantitative estimate of drug-likeness (QED) is 0.836. The Balaban J connectivity index is 2.37. The Morgan fingerprint density at radius 2 is 2.00 bits per heavy atom. The van der Waals surface area contributed by atoms with Crippen LogP contribution in [0.1, 0.15) is 31.7 Å². The van der Waals surface area contributed by atoms with E-state index in [9.17, 15) is 4.39 Å². The fraction of sp³-hybridized carbons (Fsp3) is 0.538. The number of hydrogen-bond donors (Lipinski definition) is 1. The van der Waals surface area contributed by atoms with Crippen molar-refractivity contribution >= 4 is 0 Å². The van der Waals surface area contributed by atoms with Gasteiger partial charge < -0.3 is 10.5 Å². The molecule has 0 aliphatic heterocycles. The van der Waals surface area contributed by atoms with Gasteiger partial charge in [0.05, 0.1) is 7.11 Å². The zero-order chi connectivity index (χ0) is 11.8. The fourth-order valence-electron chi connectivity index (χ4n) is 2.60. The lowest BCUT2D eigenvalue weighted by atomic mass is 9.87. The van der Waals surface area contributed by atoms with Gasteiger partial charge in [-0.1, -0.05) is 18.2 Å². The van der Waals surface area contributed by atoms with Gasteiger partial charge in [0.15, 0.2) is 0 Å². The minimum Gasteiger partial charge on any atom is -0.496 e. The highest BCUT2D eigenvalue weighted by Gasteiger charge is 2.45. The molecule has 2 atom stereocenters. The number of para-hydroxylation sites is 1. The normalized spacial score (nSPS) is 34.0. The molecule has 0 bridgehead atoms. The standard InChI is InChI=1S/C13H18FNO/c1-12(14)7-8-13(15,9-12)10-5-3-4-6-11(10)16-2/h3-6H,7-9,15H2,1-2H3. The Bertz CT molecular complexity index is 391. The van der Waals surface area contributed by atoms with E-state index in [4.69, 9.17) is 10.5 Å². The first-order valence-electron chi connectivity index (χ1n) is 5.58. The van der Waals surface area contributed by atoms with Crippen LogP contribution in [0.25, 0.3) is 0 Å². The molecule has 3 heteroatoms. The molecule has 2 unspecified atom stereocenters. The maximum atomic E-state index is 13.9. The Hall–Kier alpha value is -1.09. The van der Waals surface area contributed by atoms with Crippen LogP contribution in [-0.2, 0) is 5.54 Å².